The molecule has 2 saturated heterocycles. The van der Waals surface area contributed by atoms with Gasteiger partial charge in [-0.1, -0.05) is 42.8 Å². The first-order chi connectivity index (χ1) is 19.6. The molecule has 0 radical (unpaired) electrons. The van der Waals surface area contributed by atoms with E-state index >= 15 is 0 Å². The predicted octanol–water partition coefficient (Wildman–Crippen LogP) is 4.68. The number of aromatic nitrogens is 3. The number of piperidine rings is 1. The summed E-state index contributed by atoms with van der Waals surface area (Å²) in [5.74, 6) is 10.1. The van der Waals surface area contributed by atoms with E-state index in [4.69, 9.17) is 15.2 Å². The number of hydrogen-bond donors (Lipinski definition) is 1. The Morgan fingerprint density at radius 1 is 1.07 bits per heavy atom. The molecule has 0 spiro atoms. The Bertz CT molecular complexity index is 1650. The fraction of sp³-hybridized carbons (Fsp3) is 0.281. The van der Waals surface area contributed by atoms with E-state index in [1.54, 1.807) is 0 Å². The van der Waals surface area contributed by atoms with Crippen LogP contribution in [0.3, 0.4) is 0 Å². The molecule has 2 unspecified atom stereocenters. The lowest BCUT2D eigenvalue weighted by molar-refractivity contribution is -0.125. The molecular formula is C32H29N5O3. The highest BCUT2D eigenvalue weighted by molar-refractivity contribution is 6.03. The Morgan fingerprint density at radius 2 is 1.82 bits per heavy atom. The van der Waals surface area contributed by atoms with Gasteiger partial charge in [0.2, 0.25) is 5.91 Å². The third-order valence-electron chi connectivity index (χ3n) is 8.24. The zero-order chi connectivity index (χ0) is 27.2. The van der Waals surface area contributed by atoms with Crippen LogP contribution in [-0.4, -0.2) is 51.6 Å². The average molecular weight is 532 g/mol. The van der Waals surface area contributed by atoms with Crippen LogP contribution in [0.2, 0.25) is 0 Å². The van der Waals surface area contributed by atoms with Crippen molar-refractivity contribution in [2.75, 3.05) is 32.0 Å². The highest BCUT2D eigenvalue weighted by Crippen LogP contribution is 2.51. The molecule has 8 heteroatoms. The SMILES string of the molecule is C=CC(=O)N1C[C@@H]2C(C#Cc3c(-c4ccc(Oc5ccccc5)cc4)c4c(N)ncnc4n3C3CCOC3)[C@@H]2C1. The van der Waals surface area contributed by atoms with E-state index in [1.807, 2.05) is 59.5 Å². The van der Waals surface area contributed by atoms with Gasteiger partial charge in [0.05, 0.1) is 18.0 Å². The third kappa shape index (κ3) is 4.19. The predicted molar refractivity (Wildman–Crippen MR) is 152 cm³/mol. The number of para-hydroxylation sites is 1. The van der Waals surface area contributed by atoms with Gasteiger partial charge in [0.25, 0.3) is 0 Å². The Labute approximate surface area is 232 Å². The first-order valence-electron chi connectivity index (χ1n) is 13.6. The number of anilines is 1. The van der Waals surface area contributed by atoms with Crippen molar-refractivity contribution in [2.45, 2.75) is 12.5 Å². The van der Waals surface area contributed by atoms with Gasteiger partial charge in [-0.3, -0.25) is 4.79 Å². The van der Waals surface area contributed by atoms with Gasteiger partial charge in [-0.15, -0.1) is 0 Å². The summed E-state index contributed by atoms with van der Waals surface area (Å²) in [6.45, 7) is 6.39. The molecule has 1 aliphatic carbocycles. The van der Waals surface area contributed by atoms with Gasteiger partial charge in [-0.05, 0) is 60.1 Å². The lowest BCUT2D eigenvalue weighted by Crippen LogP contribution is -2.29. The summed E-state index contributed by atoms with van der Waals surface area (Å²) in [5.41, 5.74) is 10.0. The lowest BCUT2D eigenvalue weighted by Gasteiger charge is -2.16. The van der Waals surface area contributed by atoms with Crippen molar-refractivity contribution in [1.82, 2.24) is 19.4 Å². The van der Waals surface area contributed by atoms with E-state index in [0.29, 0.717) is 30.9 Å². The van der Waals surface area contributed by atoms with Crippen molar-refractivity contribution in [3.8, 4) is 34.5 Å². The van der Waals surface area contributed by atoms with E-state index in [2.05, 4.69) is 33.0 Å². The minimum absolute atomic E-state index is 0.00343. The molecule has 0 bridgehead atoms. The Kier molecular flexibility index (Phi) is 6.02. The molecule has 2 aromatic heterocycles. The van der Waals surface area contributed by atoms with Gasteiger partial charge in [0.15, 0.2) is 0 Å². The maximum Gasteiger partial charge on any atom is 0.245 e. The van der Waals surface area contributed by atoms with Crippen molar-refractivity contribution in [1.29, 1.82) is 0 Å². The molecule has 4 aromatic rings. The van der Waals surface area contributed by atoms with Crippen LogP contribution in [-0.2, 0) is 9.53 Å². The normalized spacial score (nSPS) is 22.9. The van der Waals surface area contributed by atoms with Crippen LogP contribution in [0.4, 0.5) is 5.82 Å². The molecule has 3 aliphatic rings. The summed E-state index contributed by atoms with van der Waals surface area (Å²) in [5, 5.41) is 0.800. The van der Waals surface area contributed by atoms with Crippen LogP contribution in [0, 0.1) is 29.6 Å². The Hall–Kier alpha value is -4.61. The standard InChI is InChI=1S/C32H29N5O3/c1-2-28(38)36-16-25-24(26(25)17-36)12-13-27-29(20-8-10-23(11-9-20)40-22-6-4-3-5-7-22)30-31(33)34-19-35-32(30)37(27)21-14-15-39-18-21/h2-11,19,21,24-26H,1,14-18H2,(H2,33,34,35)/t21?,24?,25-,26+. The zero-order valence-electron chi connectivity index (χ0n) is 22.0. The van der Waals surface area contributed by atoms with Crippen LogP contribution < -0.4 is 10.5 Å². The maximum atomic E-state index is 12.0. The maximum absolute atomic E-state index is 12.0. The van der Waals surface area contributed by atoms with E-state index < -0.39 is 0 Å². The smallest absolute Gasteiger partial charge is 0.245 e. The number of carbonyl (C=O) groups is 1. The minimum Gasteiger partial charge on any atom is -0.457 e. The van der Waals surface area contributed by atoms with Gasteiger partial charge < -0.3 is 24.7 Å². The lowest BCUT2D eigenvalue weighted by atomic mass is 10.0. The molecule has 1 amide bonds. The molecule has 8 nitrogen and oxygen atoms in total. The third-order valence-corrected chi connectivity index (χ3v) is 8.24. The fourth-order valence-electron chi connectivity index (χ4n) is 6.16. The summed E-state index contributed by atoms with van der Waals surface area (Å²) in [7, 11) is 0. The van der Waals surface area contributed by atoms with Crippen LogP contribution in [0.25, 0.3) is 22.2 Å². The number of benzene rings is 2. The van der Waals surface area contributed by atoms with Crippen LogP contribution in [0.1, 0.15) is 18.2 Å². The summed E-state index contributed by atoms with van der Waals surface area (Å²) >= 11 is 0. The average Bonchev–Trinajstić information content (AvgIpc) is 3.44. The van der Waals surface area contributed by atoms with Crippen molar-refractivity contribution in [2.24, 2.45) is 17.8 Å². The second-order valence-electron chi connectivity index (χ2n) is 10.6. The number of ether oxygens (including phenoxy) is 2. The molecule has 2 N–H and O–H groups in total. The number of likely N-dealkylation sites (tertiary alicyclic amines) is 1. The zero-order valence-corrected chi connectivity index (χ0v) is 22.0. The van der Waals surface area contributed by atoms with E-state index in [1.165, 1.54) is 12.4 Å². The molecule has 2 aromatic carbocycles. The van der Waals surface area contributed by atoms with Gasteiger partial charge in [0, 0.05) is 31.2 Å². The molecule has 200 valence electrons. The summed E-state index contributed by atoms with van der Waals surface area (Å²) in [6.07, 6.45) is 3.78. The van der Waals surface area contributed by atoms with Gasteiger partial charge in [-0.2, -0.15) is 0 Å². The quantitative estimate of drug-likeness (QED) is 0.297. The van der Waals surface area contributed by atoms with Crippen LogP contribution in [0.5, 0.6) is 11.5 Å². The van der Waals surface area contributed by atoms with E-state index in [9.17, 15) is 4.79 Å². The number of amides is 1. The molecule has 4 heterocycles. The Balaban J connectivity index is 1.29. The van der Waals surface area contributed by atoms with Crippen molar-refractivity contribution in [3.05, 3.63) is 79.3 Å². The number of fused-ring (bicyclic) bond motifs is 2. The summed E-state index contributed by atoms with van der Waals surface area (Å²) in [6, 6.07) is 17.8. The molecule has 4 atom stereocenters. The minimum atomic E-state index is -0.00343. The molecule has 3 fully saturated rings. The number of nitrogens with zero attached hydrogens (tertiary/aromatic N) is 4. The number of hydrogen-bond acceptors (Lipinski definition) is 6. The Morgan fingerprint density at radius 3 is 2.52 bits per heavy atom. The second-order valence-corrected chi connectivity index (χ2v) is 10.6. The highest BCUT2D eigenvalue weighted by atomic mass is 16.5. The summed E-state index contributed by atoms with van der Waals surface area (Å²) < 4.78 is 14.0. The highest BCUT2D eigenvalue weighted by Gasteiger charge is 2.55. The van der Waals surface area contributed by atoms with E-state index in [0.717, 1.165) is 58.9 Å². The van der Waals surface area contributed by atoms with Crippen LogP contribution in [0.15, 0.2) is 73.6 Å². The monoisotopic (exact) mass is 531 g/mol. The van der Waals surface area contributed by atoms with Crippen molar-refractivity contribution < 1.29 is 14.3 Å². The molecule has 1 saturated carbocycles. The largest absolute Gasteiger partial charge is 0.457 e. The second kappa shape index (κ2) is 9.85. The number of nitrogens with two attached hydrogens (primary N) is 1. The van der Waals surface area contributed by atoms with E-state index in [-0.39, 0.29) is 17.9 Å². The first kappa shape index (κ1) is 24.4. The van der Waals surface area contributed by atoms with Gasteiger partial charge in [-0.25, -0.2) is 9.97 Å². The summed E-state index contributed by atoms with van der Waals surface area (Å²) in [4.78, 5) is 22.9. The first-order valence-corrected chi connectivity index (χ1v) is 13.6. The molecule has 2 aliphatic heterocycles. The van der Waals surface area contributed by atoms with Crippen molar-refractivity contribution in [3.63, 3.8) is 0 Å². The fourth-order valence-corrected chi connectivity index (χ4v) is 6.16. The molecule has 7 rings (SSSR count). The number of carbonyl (C=O) groups excluding carboxylic acids is 1. The molecular weight excluding hydrogens is 502 g/mol. The number of rotatable bonds is 5. The van der Waals surface area contributed by atoms with Crippen LogP contribution >= 0.6 is 0 Å². The van der Waals surface area contributed by atoms with Gasteiger partial charge in [0.1, 0.15) is 35.0 Å². The van der Waals surface area contributed by atoms with Crippen molar-refractivity contribution >= 4 is 22.8 Å². The van der Waals surface area contributed by atoms with Gasteiger partial charge >= 0.3 is 0 Å². The molecule has 40 heavy (non-hydrogen) atoms. The number of nitrogen functional groups attached to an aromatic ring is 1. The topological polar surface area (TPSA) is 95.5 Å².